The van der Waals surface area contributed by atoms with Crippen molar-refractivity contribution >= 4 is 0 Å². The highest BCUT2D eigenvalue weighted by Gasteiger charge is 1.94. The quantitative estimate of drug-likeness (QED) is 0.138. The molecule has 8 aliphatic rings. The zero-order valence-corrected chi connectivity index (χ0v) is 43.4. The summed E-state index contributed by atoms with van der Waals surface area (Å²) in [6, 6.07) is 0. The molecule has 0 spiro atoms. The molecule has 0 aromatic heterocycles. The molecule has 3 nitrogen and oxygen atoms in total. The van der Waals surface area contributed by atoms with E-state index in [0.29, 0.717) is 0 Å². The minimum absolute atomic E-state index is 1.14. The Morgan fingerprint density at radius 1 is 0.134 bits per heavy atom. The van der Waals surface area contributed by atoms with Crippen LogP contribution in [0, 0.1) is 106 Å². The summed E-state index contributed by atoms with van der Waals surface area (Å²) >= 11 is 0. The first-order valence-corrected chi connectivity index (χ1v) is 28.1. The fourth-order valence-electron chi connectivity index (χ4n) is 7.66. The summed E-state index contributed by atoms with van der Waals surface area (Å²) in [7, 11) is 0. The van der Waals surface area contributed by atoms with Crippen LogP contribution in [0.2, 0.25) is 0 Å². The molecule has 0 heterocycles. The molecule has 0 saturated heterocycles. The molecule has 0 radical (unpaired) electrons. The van der Waals surface area contributed by atoms with Crippen LogP contribution in [0.5, 0.6) is 0 Å². The summed E-state index contributed by atoms with van der Waals surface area (Å²) in [6.07, 6.45) is 61.8. The molecule has 8 rings (SSSR count). The van der Waals surface area contributed by atoms with Gasteiger partial charge in [-0.25, -0.2) is 0 Å². The number of nitrogens with zero attached hydrogens (tertiary/aromatic N) is 1. The number of nitrogens with one attached hydrogen (secondary N) is 2. The lowest BCUT2D eigenvalue weighted by Crippen LogP contribution is -1.80. The van der Waals surface area contributed by atoms with Gasteiger partial charge in [-0.05, 0) is 103 Å². The molecule has 0 unspecified atom stereocenters. The summed E-state index contributed by atoms with van der Waals surface area (Å²) in [6.45, 7) is 0. The van der Waals surface area contributed by atoms with Gasteiger partial charge in [-0.1, -0.05) is 103 Å². The fraction of sp³-hybridized carbons (Fsp3) is 0.750. The number of rotatable bonds is 0. The highest BCUT2D eigenvalue weighted by molar-refractivity contribution is 5.03. The summed E-state index contributed by atoms with van der Waals surface area (Å²) in [5.41, 5.74) is 11.0. The lowest BCUT2D eigenvalue weighted by Gasteiger charge is -1.97. The largest absolute Gasteiger partial charge is 0.211 e. The van der Waals surface area contributed by atoms with Crippen molar-refractivity contribution in [3.63, 3.8) is 0 Å². The molecular weight excluding hydrogens is 811 g/mol. The SMILES string of the molecule is C1#CCCCCCC1.C1#CCCCCCC1.C1#CCCCCCC1.C1#CCCCCCC1.C1#CCCCCCC1.C1#CCCCCCC1.C1#CCCCCCC1.C1#CCCCCCC1.N=[N+]=N. The minimum Gasteiger partial charge on any atom is -0.103 e. The minimum atomic E-state index is 1.14. The lowest BCUT2D eigenvalue weighted by atomic mass is 10.1. The topological polar surface area (TPSA) is 61.8 Å². The second-order valence-corrected chi connectivity index (χ2v) is 18.3. The molecule has 368 valence electrons. The highest BCUT2D eigenvalue weighted by Crippen LogP contribution is 2.11. The predicted molar refractivity (Wildman–Crippen MR) is 291 cm³/mol. The van der Waals surface area contributed by atoms with Crippen LogP contribution in [-0.4, -0.2) is 0 Å². The summed E-state index contributed by atoms with van der Waals surface area (Å²) in [4.78, 5) is 2.00. The molecule has 0 aliphatic heterocycles. The molecule has 0 amide bonds. The van der Waals surface area contributed by atoms with E-state index < -0.39 is 0 Å². The Labute approximate surface area is 417 Å². The lowest BCUT2D eigenvalue weighted by molar-refractivity contribution is 0.652. The van der Waals surface area contributed by atoms with Crippen LogP contribution < -0.4 is 4.91 Å². The van der Waals surface area contributed by atoms with Crippen LogP contribution in [0.15, 0.2) is 0 Å². The highest BCUT2D eigenvalue weighted by atomic mass is 15.0. The normalized spacial score (nSPS) is 19.2. The van der Waals surface area contributed by atoms with Gasteiger partial charge < -0.3 is 0 Å². The van der Waals surface area contributed by atoms with Gasteiger partial charge in [0.05, 0.1) is 0 Å². The number of hydrogen-bond acceptors (Lipinski definition) is 2. The predicted octanol–water partition coefficient (Wildman–Crippen LogP) is 18.9. The van der Waals surface area contributed by atoms with E-state index >= 15 is 0 Å². The van der Waals surface area contributed by atoms with Gasteiger partial charge in [0.1, 0.15) is 11.1 Å². The van der Waals surface area contributed by atoms with Crippen LogP contribution in [0.4, 0.5) is 0 Å². The molecule has 0 bridgehead atoms. The smallest absolute Gasteiger partial charge is 0.103 e. The van der Waals surface area contributed by atoms with Gasteiger partial charge in [-0.15, -0.1) is 94.7 Å². The van der Waals surface area contributed by atoms with Crippen LogP contribution >= 0.6 is 0 Å². The molecule has 0 aromatic rings. The van der Waals surface area contributed by atoms with Crippen molar-refractivity contribution in [1.82, 2.24) is 4.91 Å². The maximum absolute atomic E-state index is 5.50. The Bertz CT molecular complexity index is 1200. The van der Waals surface area contributed by atoms with Crippen molar-refractivity contribution in [2.75, 3.05) is 0 Å². The Kier molecular flexibility index (Phi) is 57.9. The Hall–Kier alpha value is -4.21. The second-order valence-electron chi connectivity index (χ2n) is 18.3. The molecule has 67 heavy (non-hydrogen) atoms. The van der Waals surface area contributed by atoms with E-state index in [2.05, 4.69) is 94.7 Å². The standard InChI is InChI=1S/8C8H12.H2N3/c8*1-2-4-6-8-7-5-3-1;1-3-2/h8*1-6H2;1-2H/q;;;;;;;;+1. The molecule has 3 heteroatoms. The van der Waals surface area contributed by atoms with E-state index in [0.717, 1.165) is 103 Å². The van der Waals surface area contributed by atoms with Gasteiger partial charge >= 0.3 is 0 Å². The summed E-state index contributed by atoms with van der Waals surface area (Å²) < 4.78 is 0. The summed E-state index contributed by atoms with van der Waals surface area (Å²) in [5.74, 6) is 50.2. The van der Waals surface area contributed by atoms with Gasteiger partial charge in [-0.3, -0.25) is 0 Å². The van der Waals surface area contributed by atoms with Crippen molar-refractivity contribution in [3.05, 3.63) is 0 Å². The molecule has 0 aromatic carbocycles. The van der Waals surface area contributed by atoms with E-state index in [1.807, 2.05) is 4.91 Å². The Balaban J connectivity index is 0.000000737. The Morgan fingerprint density at radius 3 is 0.254 bits per heavy atom. The van der Waals surface area contributed by atoms with E-state index in [-0.39, 0.29) is 0 Å². The van der Waals surface area contributed by atoms with Gasteiger partial charge in [-0.2, -0.15) is 0 Å². The Morgan fingerprint density at radius 2 is 0.194 bits per heavy atom. The van der Waals surface area contributed by atoms with Crippen LogP contribution in [0.25, 0.3) is 0 Å². The zero-order valence-electron chi connectivity index (χ0n) is 43.4. The molecule has 8 aliphatic carbocycles. The average molecular weight is 910 g/mol. The van der Waals surface area contributed by atoms with Crippen molar-refractivity contribution in [2.45, 2.75) is 308 Å². The summed E-state index contributed by atoms with van der Waals surface area (Å²) in [5, 5.41) is 0. The second kappa shape index (κ2) is 61.8. The fourth-order valence-corrected chi connectivity index (χ4v) is 7.66. The molecule has 0 saturated carbocycles. The monoisotopic (exact) mass is 909 g/mol. The van der Waals surface area contributed by atoms with Crippen LogP contribution in [0.3, 0.4) is 0 Å². The molecule has 2 N–H and O–H groups in total. The van der Waals surface area contributed by atoms with E-state index in [1.54, 1.807) is 0 Å². The van der Waals surface area contributed by atoms with E-state index in [9.17, 15) is 0 Å². The third kappa shape index (κ3) is 61.8. The van der Waals surface area contributed by atoms with Crippen molar-refractivity contribution < 1.29 is 0 Å². The van der Waals surface area contributed by atoms with Crippen molar-refractivity contribution in [1.29, 1.82) is 11.1 Å². The molecule has 0 fully saturated rings. The third-order valence-electron chi connectivity index (χ3n) is 11.8. The van der Waals surface area contributed by atoms with Gasteiger partial charge in [0.15, 0.2) is 0 Å². The first kappa shape index (κ1) is 62.8. The third-order valence-corrected chi connectivity index (χ3v) is 11.8. The maximum atomic E-state index is 5.50. The first-order chi connectivity index (χ1) is 33.4. The zero-order chi connectivity index (χ0) is 48.0. The average Bonchev–Trinajstić information content (AvgIpc) is 3.21. The van der Waals surface area contributed by atoms with Crippen molar-refractivity contribution in [2.24, 2.45) is 0 Å². The van der Waals surface area contributed by atoms with Crippen molar-refractivity contribution in [3.8, 4) is 94.7 Å². The molecular formula is C64H98N3+. The van der Waals surface area contributed by atoms with E-state index in [1.165, 1.54) is 205 Å². The van der Waals surface area contributed by atoms with Crippen LogP contribution in [0.1, 0.15) is 308 Å². The number of hydrogen-bond donors (Lipinski definition) is 2. The first-order valence-electron chi connectivity index (χ1n) is 28.1. The van der Waals surface area contributed by atoms with E-state index in [4.69, 9.17) is 11.1 Å². The molecule has 0 atom stereocenters. The van der Waals surface area contributed by atoms with Gasteiger partial charge in [0.2, 0.25) is 4.91 Å². The van der Waals surface area contributed by atoms with Gasteiger partial charge in [0.25, 0.3) is 0 Å². The maximum Gasteiger partial charge on any atom is 0.211 e. The van der Waals surface area contributed by atoms with Gasteiger partial charge in [0, 0.05) is 103 Å². The van der Waals surface area contributed by atoms with Crippen LogP contribution in [-0.2, 0) is 0 Å².